The van der Waals surface area contributed by atoms with Gasteiger partial charge in [0, 0.05) is 11.3 Å². The summed E-state index contributed by atoms with van der Waals surface area (Å²) in [5, 5.41) is 18.5. The summed E-state index contributed by atoms with van der Waals surface area (Å²) < 4.78 is 1.88. The Morgan fingerprint density at radius 2 is 1.96 bits per heavy atom. The summed E-state index contributed by atoms with van der Waals surface area (Å²) in [6.45, 7) is 2.00. The van der Waals surface area contributed by atoms with Crippen LogP contribution < -0.4 is 5.73 Å². The molecule has 122 valence electrons. The highest BCUT2D eigenvalue weighted by atomic mass is 32.2. The molecule has 3 aromatic rings. The average molecular weight is 340 g/mol. The Morgan fingerprint density at radius 3 is 2.62 bits per heavy atom. The van der Waals surface area contributed by atoms with Crippen LogP contribution in [0.1, 0.15) is 5.56 Å². The largest absolute Gasteiger partial charge is 0.508 e. The lowest BCUT2D eigenvalue weighted by Crippen LogP contribution is -2.13. The summed E-state index contributed by atoms with van der Waals surface area (Å²) >= 11 is 1.24. The molecule has 0 aliphatic carbocycles. The molecule has 1 amide bonds. The summed E-state index contributed by atoms with van der Waals surface area (Å²) in [7, 11) is 0. The first-order chi connectivity index (χ1) is 11.5. The number of primary amides is 1. The van der Waals surface area contributed by atoms with Gasteiger partial charge in [0.05, 0.1) is 5.75 Å². The lowest BCUT2D eigenvalue weighted by Gasteiger charge is -2.11. The molecule has 0 atom stereocenters. The summed E-state index contributed by atoms with van der Waals surface area (Å²) in [5.41, 5.74) is 8.05. The fraction of sp³-hybridized carbons (Fsp3) is 0.118. The monoisotopic (exact) mass is 340 g/mol. The zero-order valence-corrected chi connectivity index (χ0v) is 13.8. The predicted octanol–water partition coefficient (Wildman–Crippen LogP) is 2.53. The van der Waals surface area contributed by atoms with Crippen LogP contribution >= 0.6 is 11.8 Å². The number of aryl methyl sites for hydroxylation is 1. The van der Waals surface area contributed by atoms with Crippen LogP contribution in [0.5, 0.6) is 5.75 Å². The van der Waals surface area contributed by atoms with Gasteiger partial charge in [-0.3, -0.25) is 9.36 Å². The van der Waals surface area contributed by atoms with Crippen molar-refractivity contribution in [2.24, 2.45) is 5.73 Å². The maximum absolute atomic E-state index is 11.1. The Labute approximate surface area is 143 Å². The molecule has 0 fully saturated rings. The van der Waals surface area contributed by atoms with E-state index in [1.54, 1.807) is 24.3 Å². The smallest absolute Gasteiger partial charge is 0.227 e. The number of hydrogen-bond donors (Lipinski definition) is 2. The molecule has 0 radical (unpaired) electrons. The number of nitrogens with zero attached hydrogens (tertiary/aromatic N) is 3. The number of carbonyl (C=O) groups is 1. The molecule has 24 heavy (non-hydrogen) atoms. The fourth-order valence-corrected chi connectivity index (χ4v) is 2.99. The van der Waals surface area contributed by atoms with Gasteiger partial charge in [-0.1, -0.05) is 23.9 Å². The molecule has 1 aromatic heterocycles. The number of benzene rings is 2. The van der Waals surface area contributed by atoms with Gasteiger partial charge >= 0.3 is 0 Å². The van der Waals surface area contributed by atoms with E-state index in [-0.39, 0.29) is 11.5 Å². The third kappa shape index (κ3) is 3.41. The number of phenols is 1. The van der Waals surface area contributed by atoms with Crippen LogP contribution in [0.25, 0.3) is 17.1 Å². The number of rotatable bonds is 5. The number of aromatic nitrogens is 3. The van der Waals surface area contributed by atoms with Crippen LogP contribution in [0, 0.1) is 6.92 Å². The number of carbonyl (C=O) groups excluding carboxylic acids is 1. The topological polar surface area (TPSA) is 94.0 Å². The van der Waals surface area contributed by atoms with Crippen LogP contribution in [0.4, 0.5) is 0 Å². The highest BCUT2D eigenvalue weighted by Crippen LogP contribution is 2.29. The van der Waals surface area contributed by atoms with E-state index in [4.69, 9.17) is 5.73 Å². The molecular weight excluding hydrogens is 324 g/mol. The molecular formula is C17H16N4O2S. The van der Waals surface area contributed by atoms with Gasteiger partial charge in [0.25, 0.3) is 0 Å². The van der Waals surface area contributed by atoms with E-state index in [1.807, 2.05) is 35.8 Å². The van der Waals surface area contributed by atoms with Crippen LogP contribution in [0.3, 0.4) is 0 Å². The zero-order chi connectivity index (χ0) is 17.1. The second-order valence-corrected chi connectivity index (χ2v) is 6.22. The van der Waals surface area contributed by atoms with E-state index in [2.05, 4.69) is 10.2 Å². The van der Waals surface area contributed by atoms with Crippen molar-refractivity contribution < 1.29 is 9.90 Å². The first-order valence-corrected chi connectivity index (χ1v) is 8.26. The number of aromatic hydroxyl groups is 1. The Balaban J connectivity index is 2.12. The third-order valence-electron chi connectivity index (χ3n) is 3.36. The molecule has 0 aliphatic heterocycles. The Kier molecular flexibility index (Phi) is 4.52. The van der Waals surface area contributed by atoms with Crippen molar-refractivity contribution in [1.82, 2.24) is 14.8 Å². The number of amides is 1. The predicted molar refractivity (Wildman–Crippen MR) is 93.1 cm³/mol. The number of phenolic OH excluding ortho intramolecular Hbond substituents is 1. The molecule has 0 spiro atoms. The minimum atomic E-state index is -0.412. The number of nitrogens with two attached hydrogens (primary N) is 1. The molecule has 0 saturated carbocycles. The van der Waals surface area contributed by atoms with Crippen molar-refractivity contribution in [2.75, 3.05) is 5.75 Å². The molecule has 0 unspecified atom stereocenters. The van der Waals surface area contributed by atoms with E-state index in [9.17, 15) is 9.90 Å². The van der Waals surface area contributed by atoms with Gasteiger partial charge in [0.1, 0.15) is 5.75 Å². The van der Waals surface area contributed by atoms with E-state index in [0.29, 0.717) is 11.0 Å². The van der Waals surface area contributed by atoms with Gasteiger partial charge in [0.15, 0.2) is 11.0 Å². The van der Waals surface area contributed by atoms with Crippen molar-refractivity contribution >= 4 is 17.7 Å². The highest BCUT2D eigenvalue weighted by molar-refractivity contribution is 7.99. The molecule has 0 aliphatic rings. The van der Waals surface area contributed by atoms with E-state index < -0.39 is 5.91 Å². The van der Waals surface area contributed by atoms with Gasteiger partial charge in [-0.25, -0.2) is 0 Å². The quantitative estimate of drug-likeness (QED) is 0.696. The van der Waals surface area contributed by atoms with Crippen LogP contribution in [0.2, 0.25) is 0 Å². The van der Waals surface area contributed by atoms with Crippen LogP contribution in [-0.2, 0) is 4.79 Å². The van der Waals surface area contributed by atoms with E-state index >= 15 is 0 Å². The summed E-state index contributed by atoms with van der Waals surface area (Å²) in [6, 6.07) is 14.7. The lowest BCUT2D eigenvalue weighted by atomic mass is 10.2. The summed E-state index contributed by atoms with van der Waals surface area (Å²) in [6.07, 6.45) is 0. The van der Waals surface area contributed by atoms with Gasteiger partial charge in [0.2, 0.25) is 5.91 Å². The average Bonchev–Trinajstić information content (AvgIpc) is 2.97. The summed E-state index contributed by atoms with van der Waals surface area (Å²) in [5.74, 6) is 0.528. The third-order valence-corrected chi connectivity index (χ3v) is 4.31. The van der Waals surface area contributed by atoms with Crippen molar-refractivity contribution in [2.45, 2.75) is 12.1 Å². The van der Waals surface area contributed by atoms with Gasteiger partial charge in [-0.15, -0.1) is 10.2 Å². The standard InChI is InChI=1S/C17H16N4O2S/c1-11-3-2-4-13(9-11)21-16(12-5-7-14(22)8-6-12)19-20-17(21)24-10-15(18)23/h2-9,22H,10H2,1H3,(H2,18,23). The lowest BCUT2D eigenvalue weighted by molar-refractivity contribution is -0.115. The first-order valence-electron chi connectivity index (χ1n) is 7.27. The molecule has 0 saturated heterocycles. The van der Waals surface area contributed by atoms with Crippen LogP contribution in [0.15, 0.2) is 53.7 Å². The van der Waals surface area contributed by atoms with Gasteiger partial charge in [-0.2, -0.15) is 0 Å². The SMILES string of the molecule is Cc1cccc(-n2c(SCC(N)=O)nnc2-c2ccc(O)cc2)c1. The van der Waals surface area contributed by atoms with Crippen molar-refractivity contribution in [3.63, 3.8) is 0 Å². The number of thioether (sulfide) groups is 1. The highest BCUT2D eigenvalue weighted by Gasteiger charge is 2.17. The molecule has 3 N–H and O–H groups in total. The molecule has 3 rings (SSSR count). The van der Waals surface area contributed by atoms with E-state index in [0.717, 1.165) is 16.8 Å². The number of hydrogen-bond acceptors (Lipinski definition) is 5. The Morgan fingerprint density at radius 1 is 1.21 bits per heavy atom. The molecule has 7 heteroatoms. The van der Waals surface area contributed by atoms with Crippen molar-refractivity contribution in [3.05, 3.63) is 54.1 Å². The zero-order valence-electron chi connectivity index (χ0n) is 13.0. The Hall–Kier alpha value is -2.80. The summed E-state index contributed by atoms with van der Waals surface area (Å²) in [4.78, 5) is 11.1. The first kappa shape index (κ1) is 16.1. The Bertz CT molecular complexity index is 875. The van der Waals surface area contributed by atoms with Gasteiger partial charge in [-0.05, 0) is 48.9 Å². The van der Waals surface area contributed by atoms with Gasteiger partial charge < -0.3 is 10.8 Å². The van der Waals surface area contributed by atoms with E-state index in [1.165, 1.54) is 11.8 Å². The molecule has 6 nitrogen and oxygen atoms in total. The second-order valence-electron chi connectivity index (χ2n) is 5.28. The van der Waals surface area contributed by atoms with Crippen LogP contribution in [-0.4, -0.2) is 31.5 Å². The maximum Gasteiger partial charge on any atom is 0.227 e. The minimum Gasteiger partial charge on any atom is -0.508 e. The molecule has 0 bridgehead atoms. The van der Waals surface area contributed by atoms with Crippen molar-refractivity contribution in [1.29, 1.82) is 0 Å². The normalized spacial score (nSPS) is 10.7. The minimum absolute atomic E-state index is 0.125. The molecule has 1 heterocycles. The van der Waals surface area contributed by atoms with Crippen molar-refractivity contribution in [3.8, 4) is 22.8 Å². The fourth-order valence-electron chi connectivity index (χ4n) is 2.30. The maximum atomic E-state index is 11.1. The molecule has 2 aromatic carbocycles. The second kappa shape index (κ2) is 6.76.